The minimum atomic E-state index is -0.972. The standard InChI is InChI=1S/C17H28O4/c1-10(18)21-9-17(20)8-6-11-13(15(11,2)3)14-12(17)5-7-16(14,4)19/h11-14,19-20H,5-9H2,1-4H3/t11-,12-,13-,14-,16+,17+/m1/s1. The molecule has 0 saturated heterocycles. The van der Waals surface area contributed by atoms with Gasteiger partial charge in [-0.3, -0.25) is 4.79 Å². The Hall–Kier alpha value is -0.610. The Balaban J connectivity index is 1.89. The van der Waals surface area contributed by atoms with Crippen LogP contribution in [0, 0.1) is 29.1 Å². The molecule has 120 valence electrons. The minimum Gasteiger partial charge on any atom is -0.463 e. The lowest BCUT2D eigenvalue weighted by Crippen LogP contribution is -2.48. The Bertz CT molecular complexity index is 456. The highest BCUT2D eigenvalue weighted by Gasteiger charge is 2.70. The molecule has 0 bridgehead atoms. The summed E-state index contributed by atoms with van der Waals surface area (Å²) in [5, 5.41) is 22.0. The zero-order valence-electron chi connectivity index (χ0n) is 13.6. The molecule has 0 spiro atoms. The van der Waals surface area contributed by atoms with E-state index in [1.165, 1.54) is 6.92 Å². The third-order valence-electron chi connectivity index (χ3n) is 6.74. The highest BCUT2D eigenvalue weighted by molar-refractivity contribution is 5.65. The van der Waals surface area contributed by atoms with Crippen molar-refractivity contribution in [3.05, 3.63) is 0 Å². The first-order valence-corrected chi connectivity index (χ1v) is 8.18. The van der Waals surface area contributed by atoms with Crippen LogP contribution in [0.25, 0.3) is 0 Å². The van der Waals surface area contributed by atoms with E-state index >= 15 is 0 Å². The van der Waals surface area contributed by atoms with Gasteiger partial charge in [0.25, 0.3) is 0 Å². The lowest BCUT2D eigenvalue weighted by atomic mass is 9.72. The Morgan fingerprint density at radius 3 is 2.33 bits per heavy atom. The maximum atomic E-state index is 11.1. The molecule has 0 aromatic carbocycles. The van der Waals surface area contributed by atoms with Gasteiger partial charge in [-0.05, 0) is 61.7 Å². The molecular formula is C17H28O4. The quantitative estimate of drug-likeness (QED) is 0.766. The normalized spacial score (nSPS) is 50.8. The molecule has 0 radical (unpaired) electrons. The lowest BCUT2D eigenvalue weighted by molar-refractivity contribution is -0.157. The summed E-state index contributed by atoms with van der Waals surface area (Å²) < 4.78 is 5.15. The Labute approximate surface area is 126 Å². The molecule has 0 heterocycles. The van der Waals surface area contributed by atoms with Crippen molar-refractivity contribution >= 4 is 5.97 Å². The summed E-state index contributed by atoms with van der Waals surface area (Å²) in [7, 11) is 0. The molecule has 0 amide bonds. The molecule has 4 heteroatoms. The highest BCUT2D eigenvalue weighted by atomic mass is 16.5. The number of fused-ring (bicyclic) bond motifs is 3. The average molecular weight is 296 g/mol. The molecule has 0 aromatic heterocycles. The van der Waals surface area contributed by atoms with Crippen LogP contribution < -0.4 is 0 Å². The van der Waals surface area contributed by atoms with Crippen molar-refractivity contribution in [2.24, 2.45) is 29.1 Å². The van der Waals surface area contributed by atoms with Crippen molar-refractivity contribution in [3.8, 4) is 0 Å². The smallest absolute Gasteiger partial charge is 0.302 e. The molecular weight excluding hydrogens is 268 g/mol. The third kappa shape index (κ3) is 2.22. The molecule has 6 atom stereocenters. The molecule has 3 rings (SSSR count). The van der Waals surface area contributed by atoms with Crippen molar-refractivity contribution in [3.63, 3.8) is 0 Å². The average Bonchev–Trinajstić information content (AvgIpc) is 2.80. The van der Waals surface area contributed by atoms with Crippen LogP contribution in [-0.4, -0.2) is 34.0 Å². The molecule has 3 saturated carbocycles. The fourth-order valence-electron chi connectivity index (χ4n) is 5.52. The Morgan fingerprint density at radius 1 is 1.10 bits per heavy atom. The van der Waals surface area contributed by atoms with E-state index in [-0.39, 0.29) is 29.8 Å². The SMILES string of the molecule is CC(=O)OC[C@@]1(O)CC[C@@H]2[C@H]([C@H]3[C@H]1CC[C@]3(C)O)C2(C)C. The van der Waals surface area contributed by atoms with Gasteiger partial charge in [-0.1, -0.05) is 13.8 Å². The van der Waals surface area contributed by atoms with Crippen molar-refractivity contribution in [2.75, 3.05) is 6.61 Å². The van der Waals surface area contributed by atoms with Gasteiger partial charge in [0.05, 0.1) is 5.60 Å². The topological polar surface area (TPSA) is 66.8 Å². The van der Waals surface area contributed by atoms with Gasteiger partial charge in [0, 0.05) is 6.92 Å². The van der Waals surface area contributed by atoms with Crippen molar-refractivity contribution < 1.29 is 19.7 Å². The summed E-state index contributed by atoms with van der Waals surface area (Å²) in [6.07, 6.45) is 3.17. The summed E-state index contributed by atoms with van der Waals surface area (Å²) in [5.41, 5.74) is -1.42. The van der Waals surface area contributed by atoms with E-state index in [4.69, 9.17) is 4.74 Å². The monoisotopic (exact) mass is 296 g/mol. The van der Waals surface area contributed by atoms with Crippen LogP contribution in [0.3, 0.4) is 0 Å². The molecule has 0 unspecified atom stereocenters. The summed E-state index contributed by atoms with van der Waals surface area (Å²) in [4.78, 5) is 11.1. The first-order chi connectivity index (χ1) is 9.59. The predicted molar refractivity (Wildman–Crippen MR) is 78.4 cm³/mol. The second kappa shape index (κ2) is 4.45. The molecule has 3 aliphatic rings. The second-order valence-corrected chi connectivity index (χ2v) is 8.40. The first kappa shape index (κ1) is 15.3. The summed E-state index contributed by atoms with van der Waals surface area (Å²) >= 11 is 0. The zero-order valence-corrected chi connectivity index (χ0v) is 13.6. The summed E-state index contributed by atoms with van der Waals surface area (Å²) in [6, 6.07) is 0. The molecule has 2 N–H and O–H groups in total. The van der Waals surface area contributed by atoms with Crippen molar-refractivity contribution in [1.82, 2.24) is 0 Å². The van der Waals surface area contributed by atoms with Crippen LogP contribution in [-0.2, 0) is 9.53 Å². The van der Waals surface area contributed by atoms with E-state index in [0.717, 1.165) is 19.3 Å². The molecule has 3 aliphatic carbocycles. The molecule has 0 aromatic rings. The van der Waals surface area contributed by atoms with Crippen molar-refractivity contribution in [1.29, 1.82) is 0 Å². The fourth-order valence-corrected chi connectivity index (χ4v) is 5.52. The fraction of sp³-hybridized carbons (Fsp3) is 0.941. The van der Waals surface area contributed by atoms with E-state index in [1.807, 2.05) is 6.92 Å². The van der Waals surface area contributed by atoms with E-state index in [0.29, 0.717) is 18.3 Å². The number of carbonyl (C=O) groups is 1. The molecule has 4 nitrogen and oxygen atoms in total. The van der Waals surface area contributed by atoms with Gasteiger partial charge in [-0.15, -0.1) is 0 Å². The number of carbonyl (C=O) groups excluding carboxylic acids is 1. The van der Waals surface area contributed by atoms with Gasteiger partial charge in [0.1, 0.15) is 12.2 Å². The number of hydrogen-bond acceptors (Lipinski definition) is 4. The third-order valence-corrected chi connectivity index (χ3v) is 6.74. The number of aliphatic hydroxyl groups is 2. The van der Waals surface area contributed by atoms with Gasteiger partial charge in [-0.2, -0.15) is 0 Å². The van der Waals surface area contributed by atoms with Gasteiger partial charge in [0.15, 0.2) is 0 Å². The Kier molecular flexibility index (Phi) is 3.24. The van der Waals surface area contributed by atoms with Crippen LogP contribution >= 0.6 is 0 Å². The molecule has 21 heavy (non-hydrogen) atoms. The maximum Gasteiger partial charge on any atom is 0.302 e. The number of hydrogen-bond donors (Lipinski definition) is 2. The van der Waals surface area contributed by atoms with E-state index in [2.05, 4.69) is 13.8 Å². The van der Waals surface area contributed by atoms with E-state index in [9.17, 15) is 15.0 Å². The maximum absolute atomic E-state index is 11.1. The lowest BCUT2D eigenvalue weighted by Gasteiger charge is -2.39. The Morgan fingerprint density at radius 2 is 1.71 bits per heavy atom. The zero-order chi connectivity index (χ0) is 15.6. The van der Waals surface area contributed by atoms with Gasteiger partial charge < -0.3 is 14.9 Å². The van der Waals surface area contributed by atoms with Crippen LogP contribution in [0.15, 0.2) is 0 Å². The summed E-state index contributed by atoms with van der Waals surface area (Å²) in [5.74, 6) is 0.843. The minimum absolute atomic E-state index is 0.0311. The van der Waals surface area contributed by atoms with Gasteiger partial charge in [0.2, 0.25) is 0 Å². The van der Waals surface area contributed by atoms with Gasteiger partial charge in [-0.25, -0.2) is 0 Å². The van der Waals surface area contributed by atoms with Crippen LogP contribution in [0.4, 0.5) is 0 Å². The molecule has 0 aliphatic heterocycles. The van der Waals surface area contributed by atoms with Crippen molar-refractivity contribution in [2.45, 2.75) is 64.6 Å². The first-order valence-electron chi connectivity index (χ1n) is 8.18. The predicted octanol–water partition coefficient (Wildman–Crippen LogP) is 2.12. The second-order valence-electron chi connectivity index (χ2n) is 8.40. The molecule has 3 fully saturated rings. The number of rotatable bonds is 2. The summed E-state index contributed by atoms with van der Waals surface area (Å²) in [6.45, 7) is 7.93. The highest BCUT2D eigenvalue weighted by Crippen LogP contribution is 2.71. The van der Waals surface area contributed by atoms with E-state index in [1.54, 1.807) is 0 Å². The number of esters is 1. The number of ether oxygens (including phenoxy) is 1. The van der Waals surface area contributed by atoms with Gasteiger partial charge >= 0.3 is 5.97 Å². The van der Waals surface area contributed by atoms with Crippen LogP contribution in [0.2, 0.25) is 0 Å². The van der Waals surface area contributed by atoms with Crippen LogP contribution in [0.5, 0.6) is 0 Å². The van der Waals surface area contributed by atoms with E-state index < -0.39 is 11.2 Å². The van der Waals surface area contributed by atoms with Crippen LogP contribution in [0.1, 0.15) is 53.4 Å². The largest absolute Gasteiger partial charge is 0.463 e.